The number of hydrogen-bond acceptors (Lipinski definition) is 3. The van der Waals surface area contributed by atoms with Crippen LogP contribution in [0.15, 0.2) is 18.2 Å². The van der Waals surface area contributed by atoms with E-state index in [0.29, 0.717) is 18.4 Å². The van der Waals surface area contributed by atoms with Crippen molar-refractivity contribution in [1.29, 1.82) is 0 Å². The largest absolute Gasteiger partial charge is 0.393 e. The molecule has 3 nitrogen and oxygen atoms in total. The topological polar surface area (TPSA) is 35.5 Å². The molecule has 2 N–H and O–H groups in total. The van der Waals surface area contributed by atoms with E-state index in [1.54, 1.807) is 6.07 Å². The summed E-state index contributed by atoms with van der Waals surface area (Å²) < 4.78 is 14.3. The van der Waals surface area contributed by atoms with Gasteiger partial charge in [0, 0.05) is 25.6 Å². The first-order valence-corrected chi connectivity index (χ1v) is 7.61. The molecule has 3 rings (SSSR count). The van der Waals surface area contributed by atoms with Crippen molar-refractivity contribution in [2.24, 2.45) is 11.8 Å². The number of aliphatic hydroxyl groups is 1. The van der Waals surface area contributed by atoms with E-state index in [1.165, 1.54) is 6.07 Å². The molecule has 1 saturated carbocycles. The first kappa shape index (κ1) is 13.8. The fraction of sp³-hybridized carbons (Fsp3) is 0.625. The lowest BCUT2D eigenvalue weighted by Crippen LogP contribution is -2.27. The first-order chi connectivity index (χ1) is 9.70. The molecular weight excluding hydrogens is 255 g/mol. The molecule has 0 bridgehead atoms. The summed E-state index contributed by atoms with van der Waals surface area (Å²) in [4.78, 5) is 2.14. The van der Waals surface area contributed by atoms with E-state index in [1.807, 2.05) is 6.07 Å². The molecule has 3 unspecified atom stereocenters. The third kappa shape index (κ3) is 2.42. The molecule has 1 aliphatic heterocycles. The average Bonchev–Trinajstić information content (AvgIpc) is 2.99. The van der Waals surface area contributed by atoms with Gasteiger partial charge in [-0.2, -0.15) is 0 Å². The van der Waals surface area contributed by atoms with Crippen molar-refractivity contribution >= 4 is 5.69 Å². The molecule has 0 amide bonds. The summed E-state index contributed by atoms with van der Waals surface area (Å²) in [7, 11) is 0. The summed E-state index contributed by atoms with van der Waals surface area (Å²) in [5.41, 5.74) is 1.75. The number of para-hydroxylation sites is 1. The molecular formula is C16H23FN2O. The van der Waals surface area contributed by atoms with Crippen LogP contribution >= 0.6 is 0 Å². The third-order valence-electron chi connectivity index (χ3n) is 4.77. The predicted molar refractivity (Wildman–Crippen MR) is 78.2 cm³/mol. The van der Waals surface area contributed by atoms with Gasteiger partial charge in [0.1, 0.15) is 5.82 Å². The molecule has 1 aromatic carbocycles. The van der Waals surface area contributed by atoms with Crippen LogP contribution in [0.1, 0.15) is 25.3 Å². The average molecular weight is 278 g/mol. The molecule has 3 atom stereocenters. The molecule has 20 heavy (non-hydrogen) atoms. The van der Waals surface area contributed by atoms with Crippen molar-refractivity contribution < 1.29 is 9.50 Å². The highest BCUT2D eigenvalue weighted by Gasteiger charge is 2.42. The lowest BCUT2D eigenvalue weighted by molar-refractivity contribution is 0.133. The van der Waals surface area contributed by atoms with Gasteiger partial charge in [0.05, 0.1) is 11.8 Å². The predicted octanol–water partition coefficient (Wildman–Crippen LogP) is 2.14. The molecule has 0 spiro atoms. The number of nitrogens with zero attached hydrogens (tertiary/aromatic N) is 1. The Morgan fingerprint density at radius 3 is 2.95 bits per heavy atom. The molecule has 1 saturated heterocycles. The lowest BCUT2D eigenvalue weighted by Gasteiger charge is -2.24. The van der Waals surface area contributed by atoms with Crippen LogP contribution in [0.25, 0.3) is 0 Å². The van der Waals surface area contributed by atoms with Crippen molar-refractivity contribution in [2.45, 2.75) is 32.4 Å². The van der Waals surface area contributed by atoms with Crippen LogP contribution in [0.2, 0.25) is 0 Å². The number of aliphatic hydroxyl groups excluding tert-OH is 1. The van der Waals surface area contributed by atoms with Gasteiger partial charge >= 0.3 is 0 Å². The van der Waals surface area contributed by atoms with Gasteiger partial charge in [0.2, 0.25) is 0 Å². The Hall–Kier alpha value is -1.13. The number of fused-ring (bicyclic) bond motifs is 1. The molecule has 110 valence electrons. The van der Waals surface area contributed by atoms with Crippen LogP contribution in [0, 0.1) is 17.7 Å². The van der Waals surface area contributed by atoms with Crippen LogP contribution in [-0.2, 0) is 6.54 Å². The van der Waals surface area contributed by atoms with Gasteiger partial charge in [-0.25, -0.2) is 4.39 Å². The minimum absolute atomic E-state index is 0.144. The zero-order valence-electron chi connectivity index (χ0n) is 12.0. The standard InChI is InChI=1S/C16H23FN2O/c1-2-18-8-11-4-3-5-14(17)16(11)19-9-12-6-7-15(20)13(12)10-19/h3-5,12-13,15,18,20H,2,6-10H2,1H3. The van der Waals surface area contributed by atoms with E-state index in [2.05, 4.69) is 17.1 Å². The lowest BCUT2D eigenvalue weighted by atomic mass is 10.00. The zero-order chi connectivity index (χ0) is 14.1. The van der Waals surface area contributed by atoms with Gasteiger partial charge < -0.3 is 15.3 Å². The first-order valence-electron chi connectivity index (χ1n) is 7.61. The molecule has 2 fully saturated rings. The number of hydrogen-bond donors (Lipinski definition) is 2. The number of anilines is 1. The maximum atomic E-state index is 14.3. The van der Waals surface area contributed by atoms with Crippen LogP contribution in [0.3, 0.4) is 0 Å². The van der Waals surface area contributed by atoms with E-state index in [0.717, 1.165) is 43.7 Å². The van der Waals surface area contributed by atoms with Crippen LogP contribution < -0.4 is 10.2 Å². The number of halogens is 1. The van der Waals surface area contributed by atoms with E-state index in [-0.39, 0.29) is 11.9 Å². The SMILES string of the molecule is CCNCc1cccc(F)c1N1CC2CCC(O)C2C1. The van der Waals surface area contributed by atoms with E-state index < -0.39 is 0 Å². The minimum atomic E-state index is -0.200. The molecule has 2 aliphatic rings. The molecule has 1 aliphatic carbocycles. The fourth-order valence-electron chi connectivity index (χ4n) is 3.74. The van der Waals surface area contributed by atoms with Crippen molar-refractivity contribution in [3.8, 4) is 0 Å². The molecule has 0 radical (unpaired) electrons. The second-order valence-electron chi connectivity index (χ2n) is 6.00. The molecule has 1 aromatic rings. The minimum Gasteiger partial charge on any atom is -0.393 e. The summed E-state index contributed by atoms with van der Waals surface area (Å²) in [6, 6.07) is 5.30. The zero-order valence-corrected chi connectivity index (χ0v) is 12.0. The second kappa shape index (κ2) is 5.70. The number of benzene rings is 1. The number of rotatable bonds is 4. The van der Waals surface area contributed by atoms with Crippen LogP contribution in [0.4, 0.5) is 10.1 Å². The molecule has 1 heterocycles. The van der Waals surface area contributed by atoms with E-state index in [9.17, 15) is 9.50 Å². The number of nitrogens with one attached hydrogen (secondary N) is 1. The summed E-state index contributed by atoms with van der Waals surface area (Å²) in [5.74, 6) is 0.702. The van der Waals surface area contributed by atoms with E-state index >= 15 is 0 Å². The highest BCUT2D eigenvalue weighted by molar-refractivity contribution is 5.56. The van der Waals surface area contributed by atoms with Crippen molar-refractivity contribution in [3.63, 3.8) is 0 Å². The molecule has 0 aromatic heterocycles. The summed E-state index contributed by atoms with van der Waals surface area (Å²) >= 11 is 0. The quantitative estimate of drug-likeness (QED) is 0.886. The van der Waals surface area contributed by atoms with Gasteiger partial charge in [-0.05, 0) is 36.9 Å². The third-order valence-corrected chi connectivity index (χ3v) is 4.77. The van der Waals surface area contributed by atoms with Gasteiger partial charge in [-0.15, -0.1) is 0 Å². The van der Waals surface area contributed by atoms with Crippen molar-refractivity contribution in [2.75, 3.05) is 24.5 Å². The van der Waals surface area contributed by atoms with Gasteiger partial charge in [-0.3, -0.25) is 0 Å². The Morgan fingerprint density at radius 1 is 1.35 bits per heavy atom. The summed E-state index contributed by atoms with van der Waals surface area (Å²) in [6.45, 7) is 5.28. The van der Waals surface area contributed by atoms with Gasteiger partial charge in [0.25, 0.3) is 0 Å². The highest BCUT2D eigenvalue weighted by Crippen LogP contribution is 2.41. The summed E-state index contributed by atoms with van der Waals surface area (Å²) in [6.07, 6.45) is 1.78. The Labute approximate surface area is 119 Å². The maximum absolute atomic E-state index is 14.3. The van der Waals surface area contributed by atoms with Crippen molar-refractivity contribution in [3.05, 3.63) is 29.6 Å². The van der Waals surface area contributed by atoms with Crippen molar-refractivity contribution in [1.82, 2.24) is 5.32 Å². The Bertz CT molecular complexity index is 480. The fourth-order valence-corrected chi connectivity index (χ4v) is 3.74. The Morgan fingerprint density at radius 2 is 2.20 bits per heavy atom. The van der Waals surface area contributed by atoms with Crippen LogP contribution in [0.5, 0.6) is 0 Å². The van der Waals surface area contributed by atoms with Gasteiger partial charge in [0.15, 0.2) is 0 Å². The molecule has 4 heteroatoms. The smallest absolute Gasteiger partial charge is 0.146 e. The van der Waals surface area contributed by atoms with Gasteiger partial charge in [-0.1, -0.05) is 19.1 Å². The highest BCUT2D eigenvalue weighted by atomic mass is 19.1. The monoisotopic (exact) mass is 278 g/mol. The maximum Gasteiger partial charge on any atom is 0.146 e. The van der Waals surface area contributed by atoms with Crippen LogP contribution in [-0.4, -0.2) is 30.8 Å². The second-order valence-corrected chi connectivity index (χ2v) is 6.00. The van der Waals surface area contributed by atoms with E-state index in [4.69, 9.17) is 0 Å². The summed E-state index contributed by atoms with van der Waals surface area (Å²) in [5, 5.41) is 13.3. The Balaban J connectivity index is 1.83. The normalized spacial score (nSPS) is 28.9. The Kier molecular flexibility index (Phi) is 3.94.